The van der Waals surface area contributed by atoms with E-state index in [1.165, 1.54) is 19.2 Å². The van der Waals surface area contributed by atoms with Crippen LogP contribution in [0.3, 0.4) is 0 Å². The van der Waals surface area contributed by atoms with E-state index < -0.39 is 29.5 Å². The van der Waals surface area contributed by atoms with E-state index in [1.807, 2.05) is 6.92 Å². The Balaban J connectivity index is 2.61. The summed E-state index contributed by atoms with van der Waals surface area (Å²) in [7, 11) is -2.51. The number of alkyl halides is 1. The van der Waals surface area contributed by atoms with Crippen LogP contribution < -0.4 is 0 Å². The Kier molecular flexibility index (Phi) is 6.36. The van der Waals surface area contributed by atoms with Crippen molar-refractivity contribution in [3.05, 3.63) is 29.8 Å². The Labute approximate surface area is 112 Å². The molecule has 19 heavy (non-hydrogen) atoms. The number of ether oxygens (including phenoxy) is 2. The van der Waals surface area contributed by atoms with Crippen molar-refractivity contribution in [2.45, 2.75) is 17.9 Å². The quantitative estimate of drug-likeness (QED) is 0.538. The van der Waals surface area contributed by atoms with Crippen molar-refractivity contribution in [1.29, 1.82) is 0 Å². The maximum atomic E-state index is 12.6. The van der Waals surface area contributed by atoms with Crippen LogP contribution in [0.15, 0.2) is 29.2 Å². The number of hydrogen-bond donors (Lipinski definition) is 0. The van der Waals surface area contributed by atoms with Gasteiger partial charge in [-0.15, -0.1) is 0 Å². The molecule has 0 amide bonds. The van der Waals surface area contributed by atoms with E-state index in [-0.39, 0.29) is 11.7 Å². The Morgan fingerprint density at radius 3 is 2.42 bits per heavy atom. The molecule has 0 N–H and O–H groups in total. The molecule has 7 heteroatoms. The second-order valence-electron chi connectivity index (χ2n) is 3.90. The number of benzene rings is 1. The smallest absolute Gasteiger partial charge is 0.297 e. The van der Waals surface area contributed by atoms with Crippen LogP contribution >= 0.6 is 0 Å². The molecule has 0 spiro atoms. The van der Waals surface area contributed by atoms with Crippen molar-refractivity contribution in [1.82, 2.24) is 0 Å². The SMILES string of the molecule is COCOC(CF)COS(=O)(=O)c1ccc(C)cc1. The molecule has 0 heterocycles. The summed E-state index contributed by atoms with van der Waals surface area (Å²) in [5, 5.41) is 0. The van der Waals surface area contributed by atoms with Gasteiger partial charge in [-0.25, -0.2) is 4.39 Å². The highest BCUT2D eigenvalue weighted by Crippen LogP contribution is 2.14. The Morgan fingerprint density at radius 2 is 1.89 bits per heavy atom. The van der Waals surface area contributed by atoms with Crippen molar-refractivity contribution < 1.29 is 26.5 Å². The molecule has 1 unspecified atom stereocenters. The third-order valence-corrected chi connectivity index (χ3v) is 3.61. The number of rotatable bonds is 8. The second-order valence-corrected chi connectivity index (χ2v) is 5.52. The first-order valence-electron chi connectivity index (χ1n) is 5.62. The van der Waals surface area contributed by atoms with E-state index in [0.29, 0.717) is 0 Å². The monoisotopic (exact) mass is 292 g/mol. The van der Waals surface area contributed by atoms with Gasteiger partial charge < -0.3 is 9.47 Å². The van der Waals surface area contributed by atoms with Gasteiger partial charge in [0, 0.05) is 7.11 Å². The summed E-state index contributed by atoms with van der Waals surface area (Å²) in [6, 6.07) is 6.19. The average Bonchev–Trinajstić information content (AvgIpc) is 2.39. The molecule has 108 valence electrons. The Morgan fingerprint density at radius 1 is 1.26 bits per heavy atom. The third kappa shape index (κ3) is 5.23. The molecule has 0 aliphatic rings. The van der Waals surface area contributed by atoms with Crippen LogP contribution in [-0.4, -0.2) is 41.7 Å². The second kappa shape index (κ2) is 7.54. The Bertz CT molecular complexity index is 471. The van der Waals surface area contributed by atoms with Crippen LogP contribution in [0.1, 0.15) is 5.56 Å². The molecule has 0 saturated heterocycles. The predicted octanol–water partition coefficient (Wildman–Crippen LogP) is 1.66. The minimum absolute atomic E-state index is 0.0300. The van der Waals surface area contributed by atoms with Crippen LogP contribution in [-0.2, 0) is 23.8 Å². The fraction of sp³-hybridized carbons (Fsp3) is 0.500. The molecule has 1 atom stereocenters. The van der Waals surface area contributed by atoms with Gasteiger partial charge in [0.1, 0.15) is 19.6 Å². The summed E-state index contributed by atoms with van der Waals surface area (Å²) in [4.78, 5) is 0.0300. The summed E-state index contributed by atoms with van der Waals surface area (Å²) in [6.07, 6.45) is -0.972. The van der Waals surface area contributed by atoms with Crippen molar-refractivity contribution in [3.63, 3.8) is 0 Å². The highest BCUT2D eigenvalue weighted by atomic mass is 32.2. The average molecular weight is 292 g/mol. The fourth-order valence-corrected chi connectivity index (χ4v) is 2.18. The van der Waals surface area contributed by atoms with Crippen LogP contribution in [0.5, 0.6) is 0 Å². The molecular weight excluding hydrogens is 275 g/mol. The molecule has 0 aliphatic heterocycles. The number of aryl methyl sites for hydroxylation is 1. The lowest BCUT2D eigenvalue weighted by Crippen LogP contribution is -2.25. The lowest BCUT2D eigenvalue weighted by molar-refractivity contribution is -0.0893. The largest absolute Gasteiger partial charge is 0.359 e. The first-order chi connectivity index (χ1) is 8.99. The van der Waals surface area contributed by atoms with Crippen LogP contribution in [0.25, 0.3) is 0 Å². The maximum absolute atomic E-state index is 12.6. The van der Waals surface area contributed by atoms with Crippen LogP contribution in [0.4, 0.5) is 4.39 Å². The highest BCUT2D eigenvalue weighted by molar-refractivity contribution is 7.86. The van der Waals surface area contributed by atoms with Gasteiger partial charge in [0.15, 0.2) is 0 Å². The first kappa shape index (κ1) is 16.0. The van der Waals surface area contributed by atoms with Gasteiger partial charge in [0.2, 0.25) is 0 Å². The van der Waals surface area contributed by atoms with Crippen molar-refractivity contribution in [2.24, 2.45) is 0 Å². The fourth-order valence-electron chi connectivity index (χ4n) is 1.24. The molecule has 1 aromatic rings. The minimum Gasteiger partial charge on any atom is -0.359 e. The Hall–Kier alpha value is -1.02. The molecule has 0 aliphatic carbocycles. The van der Waals surface area contributed by atoms with E-state index in [9.17, 15) is 12.8 Å². The molecule has 0 radical (unpaired) electrons. The maximum Gasteiger partial charge on any atom is 0.297 e. The number of hydrogen-bond acceptors (Lipinski definition) is 5. The normalized spacial score (nSPS) is 13.4. The summed E-state index contributed by atoms with van der Waals surface area (Å²) in [5.41, 5.74) is 0.934. The predicted molar refractivity (Wildman–Crippen MR) is 67.0 cm³/mol. The number of methoxy groups -OCH3 is 1. The van der Waals surface area contributed by atoms with Gasteiger partial charge in [-0.05, 0) is 19.1 Å². The summed E-state index contributed by atoms with van der Waals surface area (Å²) >= 11 is 0. The number of halogens is 1. The van der Waals surface area contributed by atoms with E-state index in [2.05, 4.69) is 4.74 Å². The topological polar surface area (TPSA) is 61.8 Å². The molecule has 0 aromatic heterocycles. The van der Waals surface area contributed by atoms with Gasteiger partial charge in [-0.3, -0.25) is 4.18 Å². The standard InChI is InChI=1S/C12H17FO5S/c1-10-3-5-12(6-4-10)19(14,15)18-8-11(7-13)17-9-16-2/h3-6,11H,7-9H2,1-2H3. The molecule has 1 aromatic carbocycles. The van der Waals surface area contributed by atoms with Crippen molar-refractivity contribution >= 4 is 10.1 Å². The zero-order valence-electron chi connectivity index (χ0n) is 10.8. The minimum atomic E-state index is -3.89. The van der Waals surface area contributed by atoms with E-state index in [1.54, 1.807) is 12.1 Å². The molecule has 0 fully saturated rings. The van der Waals surface area contributed by atoms with Gasteiger partial charge in [0.05, 0.1) is 11.5 Å². The van der Waals surface area contributed by atoms with Gasteiger partial charge in [-0.1, -0.05) is 17.7 Å². The zero-order chi connectivity index (χ0) is 14.3. The van der Waals surface area contributed by atoms with E-state index in [4.69, 9.17) is 8.92 Å². The van der Waals surface area contributed by atoms with E-state index >= 15 is 0 Å². The first-order valence-corrected chi connectivity index (χ1v) is 7.03. The molecule has 0 saturated carbocycles. The molecular formula is C12H17FO5S. The zero-order valence-corrected chi connectivity index (χ0v) is 11.7. The van der Waals surface area contributed by atoms with Crippen LogP contribution in [0.2, 0.25) is 0 Å². The van der Waals surface area contributed by atoms with Crippen molar-refractivity contribution in [3.8, 4) is 0 Å². The summed E-state index contributed by atoms with van der Waals surface area (Å²) < 4.78 is 50.4. The molecule has 0 bridgehead atoms. The highest BCUT2D eigenvalue weighted by Gasteiger charge is 2.18. The summed E-state index contributed by atoms with van der Waals surface area (Å²) in [5.74, 6) is 0. The molecule has 5 nitrogen and oxygen atoms in total. The lowest BCUT2D eigenvalue weighted by Gasteiger charge is -2.14. The van der Waals surface area contributed by atoms with E-state index in [0.717, 1.165) is 5.56 Å². The van der Waals surface area contributed by atoms with Crippen molar-refractivity contribution in [2.75, 3.05) is 27.2 Å². The van der Waals surface area contributed by atoms with Crippen LogP contribution in [0, 0.1) is 6.92 Å². The third-order valence-electron chi connectivity index (χ3n) is 2.31. The molecule has 1 rings (SSSR count). The van der Waals surface area contributed by atoms with Gasteiger partial charge in [-0.2, -0.15) is 8.42 Å². The van der Waals surface area contributed by atoms with Gasteiger partial charge >= 0.3 is 0 Å². The van der Waals surface area contributed by atoms with Gasteiger partial charge in [0.25, 0.3) is 10.1 Å². The lowest BCUT2D eigenvalue weighted by atomic mass is 10.2. The summed E-state index contributed by atoms with van der Waals surface area (Å²) in [6.45, 7) is 0.473.